The maximum Gasteiger partial charge on any atom is 0.410 e. The molecule has 1 fully saturated rings. The number of aliphatic carboxylic acids is 1. The molecule has 0 unspecified atom stereocenters. The molecule has 1 saturated heterocycles. The van der Waals surface area contributed by atoms with E-state index in [4.69, 9.17) is 9.47 Å². The van der Waals surface area contributed by atoms with E-state index in [-0.39, 0.29) is 24.9 Å². The Balaban J connectivity index is 1.40. The number of amides is 2. The molecule has 192 valence electrons. The molecule has 8 heteroatoms. The van der Waals surface area contributed by atoms with E-state index in [1.165, 1.54) is 0 Å². The van der Waals surface area contributed by atoms with Gasteiger partial charge in [-0.15, -0.1) is 0 Å². The molecular weight excluding hydrogens is 460 g/mol. The second-order valence-electron chi connectivity index (χ2n) is 10.5. The summed E-state index contributed by atoms with van der Waals surface area (Å²) in [5.74, 6) is -1.32. The van der Waals surface area contributed by atoms with Crippen molar-refractivity contribution in [3.05, 3.63) is 59.7 Å². The highest BCUT2D eigenvalue weighted by molar-refractivity contribution is 5.79. The van der Waals surface area contributed by atoms with E-state index in [1.54, 1.807) is 25.7 Å². The number of fused-ring (bicyclic) bond motifs is 3. The Morgan fingerprint density at radius 1 is 1.06 bits per heavy atom. The van der Waals surface area contributed by atoms with Gasteiger partial charge < -0.3 is 24.8 Å². The molecule has 0 spiro atoms. The minimum absolute atomic E-state index is 0.0848. The fourth-order valence-electron chi connectivity index (χ4n) is 5.15. The lowest BCUT2D eigenvalue weighted by atomic mass is 9.89. The summed E-state index contributed by atoms with van der Waals surface area (Å²) in [5.41, 5.74) is 3.86. The fourth-order valence-corrected chi connectivity index (χ4v) is 5.15. The molecule has 2 aromatic carbocycles. The maximum atomic E-state index is 12.8. The van der Waals surface area contributed by atoms with E-state index < -0.39 is 29.8 Å². The number of carbonyl (C=O) groups is 3. The molecule has 2 N–H and O–H groups in total. The standard InChI is InChI=1S/C28H34N2O6/c1-28(2,3)36-27(34)30-14-8-9-18(16-30)24(15-25(31)32)29-26(33)35-17-23-21-12-6-4-10-19(21)20-11-5-7-13-22(20)23/h4-7,10-13,18,23-24H,8-9,14-17H2,1-3H3,(H,29,33)(H,31,32)/t18-,24-/m1/s1. The van der Waals surface area contributed by atoms with Crippen LogP contribution in [0.2, 0.25) is 0 Å². The number of likely N-dealkylation sites (tertiary alicyclic amines) is 1. The van der Waals surface area contributed by atoms with Crippen LogP contribution >= 0.6 is 0 Å². The van der Waals surface area contributed by atoms with Gasteiger partial charge in [-0.2, -0.15) is 0 Å². The van der Waals surface area contributed by atoms with Gasteiger partial charge in [-0.1, -0.05) is 48.5 Å². The Labute approximate surface area is 211 Å². The number of ether oxygens (including phenoxy) is 2. The molecule has 8 nitrogen and oxygen atoms in total. The number of hydrogen-bond acceptors (Lipinski definition) is 5. The van der Waals surface area contributed by atoms with Gasteiger partial charge in [0.1, 0.15) is 12.2 Å². The van der Waals surface area contributed by atoms with Crippen molar-refractivity contribution >= 4 is 18.2 Å². The summed E-state index contributed by atoms with van der Waals surface area (Å²) in [4.78, 5) is 38.6. The molecular formula is C28H34N2O6. The third kappa shape index (κ3) is 5.98. The third-order valence-electron chi connectivity index (χ3n) is 6.72. The molecule has 2 aromatic rings. The molecule has 4 rings (SSSR count). The van der Waals surface area contributed by atoms with E-state index in [0.717, 1.165) is 22.3 Å². The van der Waals surface area contributed by atoms with Crippen LogP contribution in [0.1, 0.15) is 57.1 Å². The van der Waals surface area contributed by atoms with Crippen molar-refractivity contribution in [3.63, 3.8) is 0 Å². The molecule has 36 heavy (non-hydrogen) atoms. The molecule has 2 atom stereocenters. The first-order valence-electron chi connectivity index (χ1n) is 12.4. The summed E-state index contributed by atoms with van der Waals surface area (Å²) >= 11 is 0. The number of piperidine rings is 1. The SMILES string of the molecule is CC(C)(C)OC(=O)N1CCC[C@@H]([C@@H](CC(=O)O)NC(=O)OCC2c3ccccc3-c3ccccc32)C1. The van der Waals surface area contributed by atoms with E-state index in [0.29, 0.717) is 25.9 Å². The van der Waals surface area contributed by atoms with Crippen molar-refractivity contribution < 1.29 is 29.0 Å². The van der Waals surface area contributed by atoms with Gasteiger partial charge in [-0.05, 0) is 61.8 Å². The van der Waals surface area contributed by atoms with Crippen molar-refractivity contribution in [3.8, 4) is 11.1 Å². The molecule has 0 saturated carbocycles. The van der Waals surface area contributed by atoms with Crippen molar-refractivity contribution in [2.45, 2.75) is 57.6 Å². The lowest BCUT2D eigenvalue weighted by Crippen LogP contribution is -2.50. The van der Waals surface area contributed by atoms with Crippen LogP contribution < -0.4 is 5.32 Å². The summed E-state index contributed by atoms with van der Waals surface area (Å²) in [7, 11) is 0. The number of rotatable bonds is 6. The van der Waals surface area contributed by atoms with Gasteiger partial charge in [0.15, 0.2) is 0 Å². The van der Waals surface area contributed by atoms with Crippen LogP contribution in [0, 0.1) is 5.92 Å². The minimum Gasteiger partial charge on any atom is -0.481 e. The quantitative estimate of drug-likeness (QED) is 0.585. The van der Waals surface area contributed by atoms with Crippen molar-refractivity contribution in [1.29, 1.82) is 0 Å². The number of hydrogen-bond donors (Lipinski definition) is 2. The molecule has 1 aliphatic carbocycles. The number of benzene rings is 2. The average Bonchev–Trinajstić information content (AvgIpc) is 3.15. The van der Waals surface area contributed by atoms with Crippen LogP contribution in [-0.4, -0.2) is 59.5 Å². The van der Waals surface area contributed by atoms with Gasteiger partial charge in [-0.3, -0.25) is 4.79 Å². The highest BCUT2D eigenvalue weighted by Crippen LogP contribution is 2.44. The zero-order valence-corrected chi connectivity index (χ0v) is 21.0. The lowest BCUT2D eigenvalue weighted by Gasteiger charge is -2.37. The average molecular weight is 495 g/mol. The van der Waals surface area contributed by atoms with Crippen LogP contribution in [-0.2, 0) is 14.3 Å². The number of alkyl carbamates (subject to hydrolysis) is 1. The maximum absolute atomic E-state index is 12.8. The highest BCUT2D eigenvalue weighted by Gasteiger charge is 2.34. The number of carboxylic acids is 1. The van der Waals surface area contributed by atoms with Crippen LogP contribution in [0.3, 0.4) is 0 Å². The topological polar surface area (TPSA) is 105 Å². The molecule has 0 bridgehead atoms. The summed E-state index contributed by atoms with van der Waals surface area (Å²) in [6, 6.07) is 15.5. The first kappa shape index (κ1) is 25.5. The molecule has 0 aromatic heterocycles. The Hall–Kier alpha value is -3.55. The smallest absolute Gasteiger partial charge is 0.410 e. The molecule has 1 aliphatic heterocycles. The fraction of sp³-hybridized carbons (Fsp3) is 0.464. The summed E-state index contributed by atoms with van der Waals surface area (Å²) in [5, 5.41) is 12.3. The van der Waals surface area contributed by atoms with Crippen molar-refractivity contribution in [1.82, 2.24) is 10.2 Å². The molecule has 1 heterocycles. The first-order valence-corrected chi connectivity index (χ1v) is 12.4. The highest BCUT2D eigenvalue weighted by atomic mass is 16.6. The first-order chi connectivity index (χ1) is 17.1. The summed E-state index contributed by atoms with van der Waals surface area (Å²) in [6.45, 7) is 6.41. The minimum atomic E-state index is -1.02. The molecule has 2 aliphatic rings. The van der Waals surface area contributed by atoms with E-state index in [1.807, 2.05) is 36.4 Å². The largest absolute Gasteiger partial charge is 0.481 e. The Bertz CT molecular complexity index is 1080. The third-order valence-corrected chi connectivity index (χ3v) is 6.72. The zero-order chi connectivity index (χ0) is 25.9. The Morgan fingerprint density at radius 3 is 2.25 bits per heavy atom. The Kier molecular flexibility index (Phi) is 7.52. The number of nitrogens with one attached hydrogen (secondary N) is 1. The second kappa shape index (κ2) is 10.6. The van der Waals surface area contributed by atoms with Crippen LogP contribution in [0.15, 0.2) is 48.5 Å². The number of carbonyl (C=O) groups excluding carboxylic acids is 2. The Morgan fingerprint density at radius 2 is 1.67 bits per heavy atom. The van der Waals surface area contributed by atoms with Crippen LogP contribution in [0.5, 0.6) is 0 Å². The van der Waals surface area contributed by atoms with Gasteiger partial charge in [-0.25, -0.2) is 9.59 Å². The summed E-state index contributed by atoms with van der Waals surface area (Å²) in [6.07, 6.45) is 0.0598. The van der Waals surface area contributed by atoms with Crippen molar-refractivity contribution in [2.24, 2.45) is 5.92 Å². The van der Waals surface area contributed by atoms with Crippen molar-refractivity contribution in [2.75, 3.05) is 19.7 Å². The van der Waals surface area contributed by atoms with Crippen LogP contribution in [0.25, 0.3) is 11.1 Å². The van der Waals surface area contributed by atoms with Gasteiger partial charge in [0.2, 0.25) is 0 Å². The molecule has 2 amide bonds. The van der Waals surface area contributed by atoms with Gasteiger partial charge in [0.05, 0.1) is 6.42 Å². The van der Waals surface area contributed by atoms with Crippen LogP contribution in [0.4, 0.5) is 9.59 Å². The predicted molar refractivity (Wildman–Crippen MR) is 135 cm³/mol. The molecule has 0 radical (unpaired) electrons. The van der Waals surface area contributed by atoms with E-state index >= 15 is 0 Å². The number of nitrogens with zero attached hydrogens (tertiary/aromatic N) is 1. The van der Waals surface area contributed by atoms with E-state index in [9.17, 15) is 19.5 Å². The zero-order valence-electron chi connectivity index (χ0n) is 21.0. The van der Waals surface area contributed by atoms with Gasteiger partial charge in [0.25, 0.3) is 0 Å². The van der Waals surface area contributed by atoms with E-state index in [2.05, 4.69) is 17.4 Å². The van der Waals surface area contributed by atoms with Gasteiger partial charge >= 0.3 is 18.2 Å². The number of carboxylic acid groups (broad SMARTS) is 1. The normalized spacial score (nSPS) is 18.1. The van der Waals surface area contributed by atoms with Gasteiger partial charge in [0, 0.05) is 25.0 Å². The summed E-state index contributed by atoms with van der Waals surface area (Å²) < 4.78 is 11.1. The lowest BCUT2D eigenvalue weighted by molar-refractivity contribution is -0.138. The monoisotopic (exact) mass is 494 g/mol. The second-order valence-corrected chi connectivity index (χ2v) is 10.5. The predicted octanol–water partition coefficient (Wildman–Crippen LogP) is 5.02.